The van der Waals surface area contributed by atoms with Crippen LogP contribution in [0.5, 0.6) is 0 Å². The van der Waals surface area contributed by atoms with Gasteiger partial charge in [-0.3, -0.25) is 0 Å². The van der Waals surface area contributed by atoms with Crippen molar-refractivity contribution in [3.05, 3.63) is 23.5 Å². The summed E-state index contributed by atoms with van der Waals surface area (Å²) < 4.78 is 13.0. The Balaban J connectivity index is 1.28. The van der Waals surface area contributed by atoms with Crippen LogP contribution < -0.4 is 5.32 Å². The molecular formula is C26H40N6O4. The Morgan fingerprint density at radius 2 is 1.86 bits per heavy atom. The molecule has 0 aliphatic carbocycles. The molecule has 2 aromatic heterocycles. The highest BCUT2D eigenvalue weighted by atomic mass is 16.6. The summed E-state index contributed by atoms with van der Waals surface area (Å²) in [6, 6.07) is 2.11. The third-order valence-electron chi connectivity index (χ3n) is 6.76. The molecule has 4 rings (SSSR count). The SMILES string of the molecule is Cc1cc(NC2CCN(C(=O)OCC3CCCN3C(=O)OC(C)(C)C)CC2)n2ncc(C(C)C)c2n1. The zero-order valence-electron chi connectivity index (χ0n) is 22.4. The normalized spacial score (nSPS) is 19.2. The minimum atomic E-state index is -0.547. The lowest BCUT2D eigenvalue weighted by atomic mass is 10.1. The molecule has 10 heteroatoms. The van der Waals surface area contributed by atoms with Crippen molar-refractivity contribution in [2.45, 2.75) is 90.8 Å². The van der Waals surface area contributed by atoms with E-state index in [1.54, 1.807) is 9.80 Å². The number of anilines is 1. The summed E-state index contributed by atoms with van der Waals surface area (Å²) in [7, 11) is 0. The van der Waals surface area contributed by atoms with Gasteiger partial charge in [-0.15, -0.1) is 0 Å². The van der Waals surface area contributed by atoms with E-state index in [1.807, 2.05) is 44.5 Å². The lowest BCUT2D eigenvalue weighted by Gasteiger charge is -2.33. The van der Waals surface area contributed by atoms with Gasteiger partial charge in [0, 0.05) is 43.0 Å². The first-order chi connectivity index (χ1) is 17.0. The number of rotatable bonds is 5. The predicted octanol–water partition coefficient (Wildman–Crippen LogP) is 4.57. The van der Waals surface area contributed by atoms with E-state index in [2.05, 4.69) is 24.3 Å². The van der Waals surface area contributed by atoms with Gasteiger partial charge in [-0.05, 0) is 59.3 Å². The third kappa shape index (κ3) is 6.02. The van der Waals surface area contributed by atoms with E-state index in [0.717, 1.165) is 48.4 Å². The van der Waals surface area contributed by atoms with Gasteiger partial charge in [0.1, 0.15) is 18.0 Å². The van der Waals surface area contributed by atoms with Gasteiger partial charge < -0.3 is 24.6 Å². The van der Waals surface area contributed by atoms with Crippen LogP contribution in [0.1, 0.15) is 77.5 Å². The zero-order valence-corrected chi connectivity index (χ0v) is 22.4. The van der Waals surface area contributed by atoms with E-state index in [0.29, 0.717) is 25.6 Å². The number of hydrogen-bond acceptors (Lipinski definition) is 7. The summed E-state index contributed by atoms with van der Waals surface area (Å²) in [4.78, 5) is 33.3. The van der Waals surface area contributed by atoms with Gasteiger partial charge >= 0.3 is 12.2 Å². The van der Waals surface area contributed by atoms with E-state index in [9.17, 15) is 9.59 Å². The summed E-state index contributed by atoms with van der Waals surface area (Å²) in [6.07, 6.45) is 4.55. The second-order valence-electron chi connectivity index (χ2n) is 11.2. The molecule has 1 N–H and O–H groups in total. The molecule has 198 valence electrons. The van der Waals surface area contributed by atoms with Crippen LogP contribution in [-0.2, 0) is 9.47 Å². The molecule has 10 nitrogen and oxygen atoms in total. The molecular weight excluding hydrogens is 460 g/mol. The number of carbonyl (C=O) groups is 2. The van der Waals surface area contributed by atoms with E-state index in [4.69, 9.17) is 14.5 Å². The largest absolute Gasteiger partial charge is 0.447 e. The van der Waals surface area contributed by atoms with Crippen molar-refractivity contribution in [1.82, 2.24) is 24.4 Å². The van der Waals surface area contributed by atoms with Gasteiger partial charge in [0.2, 0.25) is 0 Å². The minimum absolute atomic E-state index is 0.134. The Hall–Kier alpha value is -3.04. The Morgan fingerprint density at radius 1 is 1.14 bits per heavy atom. The molecule has 0 aromatic carbocycles. The highest BCUT2D eigenvalue weighted by molar-refractivity contribution is 5.70. The van der Waals surface area contributed by atoms with Gasteiger partial charge in [-0.25, -0.2) is 14.6 Å². The average molecular weight is 501 g/mol. The topological polar surface area (TPSA) is 101 Å². The molecule has 4 heterocycles. The number of likely N-dealkylation sites (tertiary alicyclic amines) is 2. The number of ether oxygens (including phenoxy) is 2. The number of nitrogens with zero attached hydrogens (tertiary/aromatic N) is 5. The fraction of sp³-hybridized carbons (Fsp3) is 0.692. The summed E-state index contributed by atoms with van der Waals surface area (Å²) in [6.45, 7) is 13.9. The highest BCUT2D eigenvalue weighted by Crippen LogP contribution is 2.25. The van der Waals surface area contributed by atoms with Crippen LogP contribution in [0.15, 0.2) is 12.3 Å². The van der Waals surface area contributed by atoms with Crippen molar-refractivity contribution in [3.8, 4) is 0 Å². The number of nitrogens with one attached hydrogen (secondary N) is 1. The van der Waals surface area contributed by atoms with Gasteiger partial charge in [0.25, 0.3) is 0 Å². The monoisotopic (exact) mass is 500 g/mol. The third-order valence-corrected chi connectivity index (χ3v) is 6.76. The Morgan fingerprint density at radius 3 is 2.53 bits per heavy atom. The maximum Gasteiger partial charge on any atom is 0.410 e. The van der Waals surface area contributed by atoms with E-state index in [-0.39, 0.29) is 30.9 Å². The lowest BCUT2D eigenvalue weighted by Crippen LogP contribution is -2.45. The fourth-order valence-electron chi connectivity index (χ4n) is 4.86. The van der Waals surface area contributed by atoms with E-state index >= 15 is 0 Å². The number of carbonyl (C=O) groups excluding carboxylic acids is 2. The first-order valence-corrected chi connectivity index (χ1v) is 13.0. The summed E-state index contributed by atoms with van der Waals surface area (Å²) >= 11 is 0. The van der Waals surface area contributed by atoms with Crippen molar-refractivity contribution < 1.29 is 19.1 Å². The molecule has 36 heavy (non-hydrogen) atoms. The lowest BCUT2D eigenvalue weighted by molar-refractivity contribution is 0.0132. The predicted molar refractivity (Wildman–Crippen MR) is 137 cm³/mol. The first-order valence-electron chi connectivity index (χ1n) is 13.0. The van der Waals surface area contributed by atoms with Crippen LogP contribution in [0.3, 0.4) is 0 Å². The Kier molecular flexibility index (Phi) is 7.61. The average Bonchev–Trinajstić information content (AvgIpc) is 3.44. The molecule has 1 unspecified atom stereocenters. The maximum absolute atomic E-state index is 12.7. The van der Waals surface area contributed by atoms with Crippen molar-refractivity contribution >= 4 is 23.7 Å². The molecule has 0 saturated carbocycles. The number of aryl methyl sites for hydroxylation is 1. The number of piperidine rings is 1. The molecule has 1 atom stereocenters. The van der Waals surface area contributed by atoms with Gasteiger partial charge in [-0.1, -0.05) is 13.8 Å². The van der Waals surface area contributed by atoms with Crippen molar-refractivity contribution in [1.29, 1.82) is 0 Å². The smallest absolute Gasteiger partial charge is 0.410 e. The van der Waals surface area contributed by atoms with Crippen LogP contribution in [0, 0.1) is 6.92 Å². The van der Waals surface area contributed by atoms with Crippen LogP contribution in [0.4, 0.5) is 15.4 Å². The second kappa shape index (κ2) is 10.5. The number of aromatic nitrogens is 3. The molecule has 0 radical (unpaired) electrons. The summed E-state index contributed by atoms with van der Waals surface area (Å²) in [5.74, 6) is 1.27. The quantitative estimate of drug-likeness (QED) is 0.641. The Bertz CT molecular complexity index is 1080. The molecule has 0 bridgehead atoms. The minimum Gasteiger partial charge on any atom is -0.447 e. The highest BCUT2D eigenvalue weighted by Gasteiger charge is 2.34. The standard InChI is InChI=1S/C26H40N6O4/c1-17(2)21-15-27-32-22(14-18(3)28-23(21)32)29-19-9-12-30(13-10-19)24(33)35-16-20-8-7-11-31(20)25(34)36-26(4,5)6/h14-15,17,19-20,29H,7-13,16H2,1-6H3. The molecule has 2 aliphatic rings. The van der Waals surface area contributed by atoms with Crippen LogP contribution in [0.2, 0.25) is 0 Å². The summed E-state index contributed by atoms with van der Waals surface area (Å²) in [5, 5.41) is 8.17. The van der Waals surface area contributed by atoms with Crippen molar-refractivity contribution in [2.24, 2.45) is 0 Å². The van der Waals surface area contributed by atoms with Crippen molar-refractivity contribution in [3.63, 3.8) is 0 Å². The zero-order chi connectivity index (χ0) is 26.0. The van der Waals surface area contributed by atoms with Gasteiger partial charge in [-0.2, -0.15) is 9.61 Å². The van der Waals surface area contributed by atoms with Crippen LogP contribution >= 0.6 is 0 Å². The number of amides is 2. The number of fused-ring (bicyclic) bond motifs is 1. The molecule has 0 spiro atoms. The van der Waals surface area contributed by atoms with E-state index < -0.39 is 5.60 Å². The second-order valence-corrected chi connectivity index (χ2v) is 11.2. The van der Waals surface area contributed by atoms with Gasteiger partial charge in [0.15, 0.2) is 5.65 Å². The molecule has 2 amide bonds. The maximum atomic E-state index is 12.7. The molecule has 2 fully saturated rings. The van der Waals surface area contributed by atoms with Gasteiger partial charge in [0.05, 0.1) is 12.2 Å². The Labute approximate surface area is 213 Å². The van der Waals surface area contributed by atoms with Crippen LogP contribution in [-0.4, -0.2) is 80.5 Å². The van der Waals surface area contributed by atoms with Crippen LogP contribution in [0.25, 0.3) is 5.65 Å². The molecule has 2 aliphatic heterocycles. The summed E-state index contributed by atoms with van der Waals surface area (Å²) in [5.41, 5.74) is 2.42. The first kappa shape index (κ1) is 26.0. The fourth-order valence-corrected chi connectivity index (χ4v) is 4.86. The number of hydrogen-bond donors (Lipinski definition) is 1. The van der Waals surface area contributed by atoms with E-state index in [1.165, 1.54) is 0 Å². The van der Waals surface area contributed by atoms with Crippen molar-refractivity contribution in [2.75, 3.05) is 31.6 Å². The molecule has 2 aromatic rings. The molecule has 2 saturated heterocycles.